The van der Waals surface area contributed by atoms with Crippen molar-refractivity contribution in [2.75, 3.05) is 47.4 Å². The molecule has 0 radical (unpaired) electrons. The molecule has 1 fully saturated rings. The molecule has 1 aromatic rings. The Hall–Kier alpha value is -1.10. The van der Waals surface area contributed by atoms with E-state index in [1.165, 1.54) is 12.1 Å². The first-order valence-corrected chi connectivity index (χ1v) is 7.83. The molecule has 21 heavy (non-hydrogen) atoms. The number of nitrogens with one attached hydrogen (secondary N) is 1. The average molecular weight is 291 g/mol. The fourth-order valence-electron chi connectivity index (χ4n) is 2.85. The second-order valence-corrected chi connectivity index (χ2v) is 6.26. The molecule has 1 heterocycles. The van der Waals surface area contributed by atoms with Crippen LogP contribution in [0.4, 0.5) is 0 Å². The summed E-state index contributed by atoms with van der Waals surface area (Å²) >= 11 is 0. The Morgan fingerprint density at radius 1 is 1.24 bits per heavy atom. The van der Waals surface area contributed by atoms with E-state index < -0.39 is 0 Å². The summed E-state index contributed by atoms with van der Waals surface area (Å²) in [6.07, 6.45) is 1.05. The summed E-state index contributed by atoms with van der Waals surface area (Å²) in [5, 5.41) is 3.68. The fourth-order valence-corrected chi connectivity index (χ4v) is 2.85. The molecule has 1 aliphatic rings. The summed E-state index contributed by atoms with van der Waals surface area (Å²) in [5.41, 5.74) is 1.35. The lowest BCUT2D eigenvalue weighted by atomic mass is 10.1. The lowest BCUT2D eigenvalue weighted by Gasteiger charge is -2.38. The van der Waals surface area contributed by atoms with E-state index in [4.69, 9.17) is 4.74 Å². The molecule has 1 saturated heterocycles. The van der Waals surface area contributed by atoms with Gasteiger partial charge in [-0.1, -0.05) is 12.1 Å². The van der Waals surface area contributed by atoms with Gasteiger partial charge in [0.05, 0.1) is 7.11 Å². The number of hydrogen-bond donors (Lipinski definition) is 1. The van der Waals surface area contributed by atoms with Crippen molar-refractivity contribution in [3.63, 3.8) is 0 Å². The quantitative estimate of drug-likeness (QED) is 0.859. The molecule has 0 spiro atoms. The third kappa shape index (κ3) is 4.99. The molecule has 2 unspecified atom stereocenters. The maximum absolute atomic E-state index is 5.20. The fraction of sp³-hybridized carbons (Fsp3) is 0.647. The van der Waals surface area contributed by atoms with Gasteiger partial charge in [-0.3, -0.25) is 4.90 Å². The van der Waals surface area contributed by atoms with Gasteiger partial charge in [0.15, 0.2) is 0 Å². The highest BCUT2D eigenvalue weighted by molar-refractivity contribution is 5.27. The monoisotopic (exact) mass is 291 g/mol. The first-order valence-electron chi connectivity index (χ1n) is 7.83. The molecule has 2 atom stereocenters. The van der Waals surface area contributed by atoms with Gasteiger partial charge in [0.1, 0.15) is 5.75 Å². The third-order valence-corrected chi connectivity index (χ3v) is 4.38. The van der Waals surface area contributed by atoms with Crippen molar-refractivity contribution >= 4 is 0 Å². The van der Waals surface area contributed by atoms with Crippen molar-refractivity contribution in [1.82, 2.24) is 15.1 Å². The van der Waals surface area contributed by atoms with Crippen LogP contribution < -0.4 is 10.1 Å². The van der Waals surface area contributed by atoms with Crippen molar-refractivity contribution < 1.29 is 4.74 Å². The summed E-state index contributed by atoms with van der Waals surface area (Å²) in [4.78, 5) is 4.88. The molecule has 0 bridgehead atoms. The Balaban J connectivity index is 1.77. The van der Waals surface area contributed by atoms with Crippen LogP contribution in [0.5, 0.6) is 5.75 Å². The Kier molecular flexibility index (Phi) is 6.03. The van der Waals surface area contributed by atoms with Crippen LogP contribution in [0.2, 0.25) is 0 Å². The Morgan fingerprint density at radius 2 is 1.95 bits per heavy atom. The van der Waals surface area contributed by atoms with Crippen LogP contribution in [-0.4, -0.2) is 69.3 Å². The summed E-state index contributed by atoms with van der Waals surface area (Å²) in [6.45, 7) is 6.80. The minimum atomic E-state index is 0.485. The van der Waals surface area contributed by atoms with E-state index in [0.717, 1.165) is 31.8 Å². The number of nitrogens with zero attached hydrogens (tertiary/aromatic N) is 2. The van der Waals surface area contributed by atoms with E-state index in [0.29, 0.717) is 12.1 Å². The zero-order valence-corrected chi connectivity index (χ0v) is 13.8. The van der Waals surface area contributed by atoms with Gasteiger partial charge in [0.25, 0.3) is 0 Å². The van der Waals surface area contributed by atoms with Gasteiger partial charge in [0.2, 0.25) is 0 Å². The van der Waals surface area contributed by atoms with E-state index in [9.17, 15) is 0 Å². The average Bonchev–Trinajstić information content (AvgIpc) is 2.49. The van der Waals surface area contributed by atoms with Crippen molar-refractivity contribution in [2.45, 2.75) is 25.4 Å². The van der Waals surface area contributed by atoms with Crippen LogP contribution in [0.15, 0.2) is 24.3 Å². The zero-order chi connectivity index (χ0) is 15.2. The molecule has 0 saturated carbocycles. The SMILES string of the molecule is COc1ccc(CC(C)NCC2CN(C)CCN2C)cc1. The molecular weight excluding hydrogens is 262 g/mol. The first kappa shape index (κ1) is 16.3. The van der Waals surface area contributed by atoms with Gasteiger partial charge >= 0.3 is 0 Å². The molecule has 2 rings (SSSR count). The molecule has 1 N–H and O–H groups in total. The number of piperazine rings is 1. The predicted octanol–water partition coefficient (Wildman–Crippen LogP) is 1.46. The maximum atomic E-state index is 5.20. The van der Waals surface area contributed by atoms with Crippen LogP contribution in [-0.2, 0) is 6.42 Å². The first-order chi connectivity index (χ1) is 10.1. The van der Waals surface area contributed by atoms with E-state index in [-0.39, 0.29) is 0 Å². The Morgan fingerprint density at radius 3 is 2.62 bits per heavy atom. The van der Waals surface area contributed by atoms with Crippen molar-refractivity contribution in [1.29, 1.82) is 0 Å². The largest absolute Gasteiger partial charge is 0.497 e. The Labute approximate surface area is 129 Å². The van der Waals surface area contributed by atoms with E-state index in [1.54, 1.807) is 7.11 Å². The van der Waals surface area contributed by atoms with Crippen LogP contribution in [0, 0.1) is 0 Å². The van der Waals surface area contributed by atoms with E-state index in [1.807, 2.05) is 12.1 Å². The van der Waals surface area contributed by atoms with Gasteiger partial charge in [-0.25, -0.2) is 0 Å². The summed E-state index contributed by atoms with van der Waals surface area (Å²) in [5.74, 6) is 0.922. The number of ether oxygens (including phenoxy) is 1. The van der Waals surface area contributed by atoms with Gasteiger partial charge in [-0.05, 0) is 45.1 Å². The number of hydrogen-bond acceptors (Lipinski definition) is 4. The number of rotatable bonds is 6. The number of methoxy groups -OCH3 is 1. The van der Waals surface area contributed by atoms with E-state index in [2.05, 4.69) is 48.3 Å². The van der Waals surface area contributed by atoms with Crippen LogP contribution >= 0.6 is 0 Å². The molecule has 118 valence electrons. The molecule has 4 nitrogen and oxygen atoms in total. The summed E-state index contributed by atoms with van der Waals surface area (Å²) in [7, 11) is 6.14. The smallest absolute Gasteiger partial charge is 0.118 e. The van der Waals surface area contributed by atoms with E-state index >= 15 is 0 Å². The normalized spacial score (nSPS) is 22.2. The lowest BCUT2D eigenvalue weighted by Crippen LogP contribution is -2.54. The standard InChI is InChI=1S/C17H29N3O/c1-14(11-15-5-7-17(21-4)8-6-15)18-12-16-13-19(2)9-10-20(16)3/h5-8,14,16,18H,9-13H2,1-4H3. The second kappa shape index (κ2) is 7.78. The van der Waals surface area contributed by atoms with Crippen LogP contribution in [0.25, 0.3) is 0 Å². The highest BCUT2D eigenvalue weighted by atomic mass is 16.5. The number of benzene rings is 1. The molecule has 0 aromatic heterocycles. The van der Waals surface area contributed by atoms with Crippen molar-refractivity contribution in [2.24, 2.45) is 0 Å². The van der Waals surface area contributed by atoms with Crippen LogP contribution in [0.3, 0.4) is 0 Å². The maximum Gasteiger partial charge on any atom is 0.118 e. The third-order valence-electron chi connectivity index (χ3n) is 4.38. The van der Waals surface area contributed by atoms with Gasteiger partial charge in [-0.2, -0.15) is 0 Å². The highest BCUT2D eigenvalue weighted by Crippen LogP contribution is 2.13. The minimum absolute atomic E-state index is 0.485. The molecule has 0 amide bonds. The van der Waals surface area contributed by atoms with Gasteiger partial charge in [-0.15, -0.1) is 0 Å². The van der Waals surface area contributed by atoms with Gasteiger partial charge < -0.3 is 15.0 Å². The van der Waals surface area contributed by atoms with Gasteiger partial charge in [0, 0.05) is 38.3 Å². The topological polar surface area (TPSA) is 27.7 Å². The lowest BCUT2D eigenvalue weighted by molar-refractivity contribution is 0.112. The second-order valence-electron chi connectivity index (χ2n) is 6.26. The molecule has 0 aliphatic carbocycles. The molecule has 4 heteroatoms. The molecule has 1 aliphatic heterocycles. The summed E-state index contributed by atoms with van der Waals surface area (Å²) < 4.78 is 5.20. The summed E-state index contributed by atoms with van der Waals surface area (Å²) in [6, 6.07) is 9.47. The van der Waals surface area contributed by atoms with Crippen molar-refractivity contribution in [3.8, 4) is 5.75 Å². The number of likely N-dealkylation sites (N-methyl/N-ethyl adjacent to an activating group) is 2. The highest BCUT2D eigenvalue weighted by Gasteiger charge is 2.22. The van der Waals surface area contributed by atoms with Crippen LogP contribution in [0.1, 0.15) is 12.5 Å². The Bertz CT molecular complexity index is 421. The molecular formula is C17H29N3O. The predicted molar refractivity (Wildman–Crippen MR) is 88.1 cm³/mol. The minimum Gasteiger partial charge on any atom is -0.497 e. The molecule has 1 aromatic carbocycles. The van der Waals surface area contributed by atoms with Crippen molar-refractivity contribution in [3.05, 3.63) is 29.8 Å². The zero-order valence-electron chi connectivity index (χ0n) is 13.8.